The Balaban J connectivity index is 1.63. The molecule has 1 fully saturated rings. The summed E-state index contributed by atoms with van der Waals surface area (Å²) >= 11 is 0. The van der Waals surface area contributed by atoms with Crippen molar-refractivity contribution in [3.8, 4) is 0 Å². The number of hydrogen-bond acceptors (Lipinski definition) is 4. The molecule has 110 valence electrons. The van der Waals surface area contributed by atoms with E-state index in [0.29, 0.717) is 18.2 Å². The third kappa shape index (κ3) is 1.95. The average Bonchev–Trinajstić information content (AvgIpc) is 3.07. The van der Waals surface area contributed by atoms with Crippen molar-refractivity contribution in [1.29, 1.82) is 0 Å². The molecule has 7 heteroatoms. The van der Waals surface area contributed by atoms with Crippen molar-refractivity contribution in [2.24, 2.45) is 7.05 Å². The molecule has 0 radical (unpaired) electrons. The predicted octanol–water partition coefficient (Wildman–Crippen LogP) is 1.11. The molecule has 2 aromatic rings. The summed E-state index contributed by atoms with van der Waals surface area (Å²) < 4.78 is 3.72. The molecular weight excluding hydrogens is 268 g/mol. The zero-order valence-electron chi connectivity index (χ0n) is 12.2. The van der Waals surface area contributed by atoms with Crippen molar-refractivity contribution < 1.29 is 4.79 Å². The number of amides is 1. The largest absolute Gasteiger partial charge is 0.326 e. The van der Waals surface area contributed by atoms with Gasteiger partial charge in [0.1, 0.15) is 12.0 Å². The van der Waals surface area contributed by atoms with Crippen LogP contribution in [0.5, 0.6) is 0 Å². The van der Waals surface area contributed by atoms with E-state index in [2.05, 4.69) is 15.3 Å². The second kappa shape index (κ2) is 4.41. The van der Waals surface area contributed by atoms with Crippen LogP contribution in [0.2, 0.25) is 0 Å². The van der Waals surface area contributed by atoms with Crippen molar-refractivity contribution in [2.45, 2.75) is 38.3 Å². The number of carbonyl (C=O) groups is 1. The number of nitrogens with zero attached hydrogens (tertiary/aromatic N) is 6. The Labute approximate surface area is 122 Å². The first-order valence-corrected chi connectivity index (χ1v) is 7.37. The van der Waals surface area contributed by atoms with Gasteiger partial charge in [0, 0.05) is 26.1 Å². The van der Waals surface area contributed by atoms with Crippen LogP contribution in [-0.2, 0) is 13.6 Å². The summed E-state index contributed by atoms with van der Waals surface area (Å²) in [5, 5.41) is 12.5. The summed E-state index contributed by atoms with van der Waals surface area (Å²) in [5.41, 5.74) is 1.71. The van der Waals surface area contributed by atoms with Gasteiger partial charge < -0.3 is 9.47 Å². The Morgan fingerprint density at radius 3 is 2.90 bits per heavy atom. The highest BCUT2D eigenvalue weighted by atomic mass is 16.2. The molecule has 0 unspecified atom stereocenters. The van der Waals surface area contributed by atoms with Gasteiger partial charge in [0.25, 0.3) is 5.91 Å². The van der Waals surface area contributed by atoms with E-state index in [1.54, 1.807) is 11.0 Å². The Morgan fingerprint density at radius 1 is 1.33 bits per heavy atom. The average molecular weight is 286 g/mol. The van der Waals surface area contributed by atoms with E-state index in [1.807, 2.05) is 29.5 Å². The molecule has 1 saturated carbocycles. The van der Waals surface area contributed by atoms with Gasteiger partial charge in [-0.3, -0.25) is 9.48 Å². The molecule has 1 atom stereocenters. The van der Waals surface area contributed by atoms with Crippen LogP contribution in [0.15, 0.2) is 12.4 Å². The van der Waals surface area contributed by atoms with Crippen LogP contribution in [0.25, 0.3) is 0 Å². The molecule has 1 aliphatic heterocycles. The second-order valence-corrected chi connectivity index (χ2v) is 5.91. The van der Waals surface area contributed by atoms with Crippen LogP contribution in [0, 0.1) is 0 Å². The summed E-state index contributed by atoms with van der Waals surface area (Å²) in [7, 11) is 1.84. The van der Waals surface area contributed by atoms with Crippen molar-refractivity contribution in [1.82, 2.24) is 29.4 Å². The van der Waals surface area contributed by atoms with Gasteiger partial charge in [-0.2, -0.15) is 5.10 Å². The van der Waals surface area contributed by atoms with Crippen molar-refractivity contribution in [2.75, 3.05) is 6.54 Å². The highest BCUT2D eigenvalue weighted by molar-refractivity contribution is 5.93. The molecule has 3 heterocycles. The van der Waals surface area contributed by atoms with E-state index in [9.17, 15) is 4.79 Å². The lowest BCUT2D eigenvalue weighted by atomic mass is 10.2. The molecule has 0 aromatic carbocycles. The Morgan fingerprint density at radius 2 is 2.14 bits per heavy atom. The summed E-state index contributed by atoms with van der Waals surface area (Å²) in [6.07, 6.45) is 4.10. The van der Waals surface area contributed by atoms with E-state index in [0.717, 1.165) is 18.1 Å². The molecule has 2 aromatic heterocycles. The maximum atomic E-state index is 12.8. The summed E-state index contributed by atoms with van der Waals surface area (Å²) in [6, 6.07) is 1.89. The van der Waals surface area contributed by atoms with E-state index in [4.69, 9.17) is 0 Å². The first-order chi connectivity index (χ1) is 10.1. The quantitative estimate of drug-likeness (QED) is 0.829. The molecule has 0 bridgehead atoms. The second-order valence-electron chi connectivity index (χ2n) is 5.91. The zero-order chi connectivity index (χ0) is 14.6. The fourth-order valence-corrected chi connectivity index (χ4v) is 3.00. The van der Waals surface area contributed by atoms with E-state index < -0.39 is 0 Å². The van der Waals surface area contributed by atoms with Crippen LogP contribution >= 0.6 is 0 Å². The molecule has 1 amide bonds. The minimum atomic E-state index is -0.0620. The monoisotopic (exact) mass is 286 g/mol. The molecule has 2 aliphatic rings. The number of carbonyl (C=O) groups excluding carboxylic acids is 1. The molecule has 0 N–H and O–H groups in total. The minimum Gasteiger partial charge on any atom is -0.326 e. The first-order valence-electron chi connectivity index (χ1n) is 7.37. The van der Waals surface area contributed by atoms with Crippen LogP contribution in [0.3, 0.4) is 0 Å². The van der Waals surface area contributed by atoms with Gasteiger partial charge in [-0.05, 0) is 25.8 Å². The lowest BCUT2D eigenvalue weighted by molar-refractivity contribution is 0.0626. The number of hydrogen-bond donors (Lipinski definition) is 0. The van der Waals surface area contributed by atoms with Crippen LogP contribution in [0.1, 0.15) is 53.7 Å². The molecule has 4 rings (SSSR count). The number of aryl methyl sites for hydroxylation is 1. The molecule has 7 nitrogen and oxygen atoms in total. The molecule has 1 aliphatic carbocycles. The van der Waals surface area contributed by atoms with Crippen LogP contribution in [0.4, 0.5) is 0 Å². The normalized spacial score (nSPS) is 21.4. The predicted molar refractivity (Wildman–Crippen MR) is 74.7 cm³/mol. The number of aromatic nitrogens is 5. The van der Waals surface area contributed by atoms with Gasteiger partial charge in [-0.15, -0.1) is 10.2 Å². The van der Waals surface area contributed by atoms with Crippen molar-refractivity contribution in [3.05, 3.63) is 29.6 Å². The van der Waals surface area contributed by atoms with Gasteiger partial charge in [0.15, 0.2) is 5.82 Å². The smallest absolute Gasteiger partial charge is 0.272 e. The third-order valence-electron chi connectivity index (χ3n) is 4.44. The fraction of sp³-hybridized carbons (Fsp3) is 0.571. The molecule has 0 spiro atoms. The minimum absolute atomic E-state index is 0.0265. The Hall–Kier alpha value is -2.18. The highest BCUT2D eigenvalue weighted by Crippen LogP contribution is 2.39. The SMILES string of the molecule is C[C@H]1c2nncn2CCN1C(=O)c1cc(C2CC2)nn1C. The standard InChI is InChI=1S/C14H18N6O/c1-9-13-16-15-8-19(13)5-6-20(9)14(21)12-7-11(10-3-4-10)17-18(12)2/h7-10H,3-6H2,1-2H3/t9-/m0/s1. The van der Waals surface area contributed by atoms with Crippen LogP contribution < -0.4 is 0 Å². The van der Waals surface area contributed by atoms with Gasteiger partial charge in [-0.25, -0.2) is 0 Å². The van der Waals surface area contributed by atoms with Gasteiger partial charge in [-0.1, -0.05) is 0 Å². The van der Waals surface area contributed by atoms with E-state index >= 15 is 0 Å². The fourth-order valence-electron chi connectivity index (χ4n) is 3.00. The van der Waals surface area contributed by atoms with Gasteiger partial charge in [0.05, 0.1) is 11.7 Å². The molecule has 21 heavy (non-hydrogen) atoms. The van der Waals surface area contributed by atoms with Crippen molar-refractivity contribution in [3.63, 3.8) is 0 Å². The third-order valence-corrected chi connectivity index (χ3v) is 4.44. The maximum Gasteiger partial charge on any atom is 0.272 e. The lowest BCUT2D eigenvalue weighted by Gasteiger charge is -2.33. The number of rotatable bonds is 2. The zero-order valence-corrected chi connectivity index (χ0v) is 12.2. The van der Waals surface area contributed by atoms with Crippen molar-refractivity contribution >= 4 is 5.91 Å². The summed E-state index contributed by atoms with van der Waals surface area (Å²) in [5.74, 6) is 1.43. The lowest BCUT2D eigenvalue weighted by Crippen LogP contribution is -2.41. The topological polar surface area (TPSA) is 68.8 Å². The molecular formula is C14H18N6O. The van der Waals surface area contributed by atoms with E-state index in [-0.39, 0.29) is 11.9 Å². The summed E-state index contributed by atoms with van der Waals surface area (Å²) in [6.45, 7) is 3.41. The first kappa shape index (κ1) is 12.6. The van der Waals surface area contributed by atoms with E-state index in [1.165, 1.54) is 12.8 Å². The maximum absolute atomic E-state index is 12.8. The summed E-state index contributed by atoms with van der Waals surface area (Å²) in [4.78, 5) is 14.7. The van der Waals surface area contributed by atoms with Gasteiger partial charge in [0.2, 0.25) is 0 Å². The van der Waals surface area contributed by atoms with Gasteiger partial charge >= 0.3 is 0 Å². The highest BCUT2D eigenvalue weighted by Gasteiger charge is 2.33. The Kier molecular flexibility index (Phi) is 2.63. The molecule has 0 saturated heterocycles. The number of fused-ring (bicyclic) bond motifs is 1. The van der Waals surface area contributed by atoms with Crippen LogP contribution in [-0.4, -0.2) is 41.9 Å². The Bertz CT molecular complexity index is 698.